The highest BCUT2D eigenvalue weighted by Crippen LogP contribution is 2.42. The van der Waals surface area contributed by atoms with Gasteiger partial charge in [0, 0.05) is 39.1 Å². The minimum atomic E-state index is -0.957. The van der Waals surface area contributed by atoms with Gasteiger partial charge < -0.3 is 25.2 Å². The van der Waals surface area contributed by atoms with Gasteiger partial charge in [-0.2, -0.15) is 0 Å². The van der Waals surface area contributed by atoms with E-state index in [4.69, 9.17) is 32.7 Å². The van der Waals surface area contributed by atoms with Gasteiger partial charge in [-0.05, 0) is 18.6 Å². The van der Waals surface area contributed by atoms with Crippen LogP contribution in [0.4, 0.5) is 0 Å². The third-order valence-electron chi connectivity index (χ3n) is 5.42. The van der Waals surface area contributed by atoms with Crippen molar-refractivity contribution in [1.29, 1.82) is 0 Å². The number of halogens is 2. The van der Waals surface area contributed by atoms with Crippen LogP contribution < -0.4 is 15.4 Å². The number of ether oxygens (including phenoxy) is 2. The highest BCUT2D eigenvalue weighted by atomic mass is 35.5. The summed E-state index contributed by atoms with van der Waals surface area (Å²) < 4.78 is 10.8. The van der Waals surface area contributed by atoms with Gasteiger partial charge >= 0.3 is 5.97 Å². The van der Waals surface area contributed by atoms with Crippen LogP contribution in [0.1, 0.15) is 22.8 Å². The van der Waals surface area contributed by atoms with Gasteiger partial charge in [-0.25, -0.2) is 4.79 Å². The molecular formula is C24H29Cl2N3O5. The number of phenolic OH excluding ortho intramolecular Hbond substituents is 1. The number of benzene rings is 2. The summed E-state index contributed by atoms with van der Waals surface area (Å²) in [4.78, 5) is 27.7. The van der Waals surface area contributed by atoms with Crippen molar-refractivity contribution in [1.82, 2.24) is 15.5 Å². The minimum absolute atomic E-state index is 0.0870. The molecule has 1 fully saturated rings. The number of esters is 1. The fraction of sp³-hybridized carbons (Fsp3) is 0.417. The first kappa shape index (κ1) is 26.1. The maximum absolute atomic E-state index is 13.0. The summed E-state index contributed by atoms with van der Waals surface area (Å²) in [6.07, 6.45) is 0.223. The van der Waals surface area contributed by atoms with E-state index in [9.17, 15) is 14.7 Å². The first-order valence-electron chi connectivity index (χ1n) is 11.2. The number of amides is 1. The van der Waals surface area contributed by atoms with Gasteiger partial charge in [-0.15, -0.1) is 0 Å². The van der Waals surface area contributed by atoms with Crippen molar-refractivity contribution in [3.63, 3.8) is 0 Å². The topological polar surface area (TPSA) is 100 Å². The van der Waals surface area contributed by atoms with Crippen molar-refractivity contribution in [2.45, 2.75) is 19.4 Å². The fourth-order valence-electron chi connectivity index (χ4n) is 3.63. The molecule has 2 aromatic rings. The molecule has 0 spiro atoms. The third kappa shape index (κ3) is 6.99. The van der Waals surface area contributed by atoms with E-state index in [2.05, 4.69) is 15.5 Å². The number of nitrogens with zero attached hydrogens (tertiary/aromatic N) is 1. The molecule has 1 saturated heterocycles. The summed E-state index contributed by atoms with van der Waals surface area (Å²) in [5, 5.41) is 16.4. The van der Waals surface area contributed by atoms with Crippen LogP contribution in [-0.2, 0) is 16.0 Å². The van der Waals surface area contributed by atoms with Crippen LogP contribution in [0.5, 0.6) is 11.5 Å². The van der Waals surface area contributed by atoms with Crippen molar-refractivity contribution in [2.24, 2.45) is 0 Å². The van der Waals surface area contributed by atoms with E-state index >= 15 is 0 Å². The zero-order valence-corrected chi connectivity index (χ0v) is 20.5. The number of hydrogen-bond donors (Lipinski definition) is 3. The van der Waals surface area contributed by atoms with Gasteiger partial charge in [-0.1, -0.05) is 53.5 Å². The Morgan fingerprint density at radius 2 is 1.91 bits per heavy atom. The number of aromatic hydroxyl groups is 1. The first-order valence-corrected chi connectivity index (χ1v) is 11.9. The number of carbonyl (C=O) groups excluding carboxylic acids is 2. The van der Waals surface area contributed by atoms with Gasteiger partial charge in [0.25, 0.3) is 5.91 Å². The second-order valence-corrected chi connectivity index (χ2v) is 8.59. The highest BCUT2D eigenvalue weighted by molar-refractivity contribution is 6.39. The van der Waals surface area contributed by atoms with Crippen molar-refractivity contribution < 1.29 is 24.2 Å². The Morgan fingerprint density at radius 1 is 1.21 bits per heavy atom. The molecule has 184 valence electrons. The van der Waals surface area contributed by atoms with Crippen LogP contribution in [0.2, 0.25) is 10.0 Å². The van der Waals surface area contributed by atoms with Crippen LogP contribution in [0.3, 0.4) is 0 Å². The predicted molar refractivity (Wildman–Crippen MR) is 131 cm³/mol. The maximum Gasteiger partial charge on any atom is 0.328 e. The Balaban J connectivity index is 1.71. The molecule has 3 N–H and O–H groups in total. The summed E-state index contributed by atoms with van der Waals surface area (Å²) in [5.41, 5.74) is 0.682. The molecule has 1 heterocycles. The van der Waals surface area contributed by atoms with Crippen molar-refractivity contribution in [2.75, 3.05) is 45.9 Å². The zero-order chi connectivity index (χ0) is 24.5. The van der Waals surface area contributed by atoms with E-state index in [1.54, 1.807) is 6.92 Å². The molecule has 1 amide bonds. The van der Waals surface area contributed by atoms with Crippen LogP contribution in [0.25, 0.3) is 0 Å². The molecule has 2 aromatic carbocycles. The molecule has 3 rings (SSSR count). The SMILES string of the molecule is CCOC(=O)C(Cc1ccccc1)NC(=O)c1cc(Cl)c(OCCN2CCNCC2)c(Cl)c1O. The Hall–Kier alpha value is -2.52. The largest absolute Gasteiger partial charge is 0.505 e. The quantitative estimate of drug-likeness (QED) is 0.423. The normalized spacial score (nSPS) is 14.9. The maximum atomic E-state index is 13.0. The van der Waals surface area contributed by atoms with Crippen LogP contribution in [0.15, 0.2) is 36.4 Å². The van der Waals surface area contributed by atoms with Gasteiger partial charge in [0.15, 0.2) is 11.5 Å². The van der Waals surface area contributed by atoms with Crippen molar-refractivity contribution in [3.05, 3.63) is 57.6 Å². The fourth-order valence-corrected chi connectivity index (χ4v) is 4.19. The van der Waals surface area contributed by atoms with Crippen molar-refractivity contribution >= 4 is 35.1 Å². The number of phenols is 1. The predicted octanol–water partition coefficient (Wildman–Crippen LogP) is 2.89. The number of carbonyl (C=O) groups is 2. The average Bonchev–Trinajstić information content (AvgIpc) is 2.84. The lowest BCUT2D eigenvalue weighted by atomic mass is 10.1. The monoisotopic (exact) mass is 509 g/mol. The van der Waals surface area contributed by atoms with Gasteiger partial charge in [0.2, 0.25) is 0 Å². The van der Waals surface area contributed by atoms with E-state index < -0.39 is 23.7 Å². The molecule has 0 radical (unpaired) electrons. The van der Waals surface area contributed by atoms with Crippen LogP contribution in [-0.4, -0.2) is 73.9 Å². The molecule has 0 aromatic heterocycles. The molecular weight excluding hydrogens is 481 g/mol. The van der Waals surface area contributed by atoms with Crippen LogP contribution in [0, 0.1) is 0 Å². The Kier molecular flexibility index (Phi) is 9.83. The molecule has 10 heteroatoms. The third-order valence-corrected chi connectivity index (χ3v) is 6.05. The van der Waals surface area contributed by atoms with E-state index in [0.717, 1.165) is 31.7 Å². The summed E-state index contributed by atoms with van der Waals surface area (Å²) in [5.74, 6) is -1.64. The molecule has 1 aliphatic heterocycles. The summed E-state index contributed by atoms with van der Waals surface area (Å²) in [6, 6.07) is 9.55. The lowest BCUT2D eigenvalue weighted by molar-refractivity contribution is -0.145. The second kappa shape index (κ2) is 12.8. The molecule has 0 bridgehead atoms. The molecule has 1 unspecified atom stereocenters. The smallest absolute Gasteiger partial charge is 0.328 e. The highest BCUT2D eigenvalue weighted by Gasteiger charge is 2.27. The van der Waals surface area contributed by atoms with Crippen molar-refractivity contribution in [3.8, 4) is 11.5 Å². The second-order valence-electron chi connectivity index (χ2n) is 7.81. The van der Waals surface area contributed by atoms with Gasteiger partial charge in [0.05, 0.1) is 17.2 Å². The molecule has 0 saturated carbocycles. The summed E-state index contributed by atoms with van der Waals surface area (Å²) >= 11 is 12.6. The first-order chi connectivity index (χ1) is 16.4. The number of hydrogen-bond acceptors (Lipinski definition) is 7. The Bertz CT molecular complexity index is 984. The summed E-state index contributed by atoms with van der Waals surface area (Å²) in [7, 11) is 0. The lowest BCUT2D eigenvalue weighted by Gasteiger charge is -2.27. The number of piperazine rings is 1. The summed E-state index contributed by atoms with van der Waals surface area (Å²) in [6.45, 7) is 6.53. The molecule has 1 aliphatic rings. The van der Waals surface area contributed by atoms with Gasteiger partial charge in [-0.3, -0.25) is 9.69 Å². The molecule has 0 aliphatic carbocycles. The molecule has 1 atom stereocenters. The molecule has 34 heavy (non-hydrogen) atoms. The zero-order valence-electron chi connectivity index (χ0n) is 19.0. The van der Waals surface area contributed by atoms with E-state index in [-0.39, 0.29) is 34.4 Å². The Labute approximate surface area is 209 Å². The number of rotatable bonds is 10. The standard InChI is InChI=1S/C24H29Cl2N3O5/c1-2-33-24(32)19(14-16-6-4-3-5-7-16)28-23(31)17-15-18(25)22(20(26)21(17)30)34-13-12-29-10-8-27-9-11-29/h3-7,15,19,27,30H,2,8-14H2,1H3,(H,28,31). The average molecular weight is 510 g/mol. The minimum Gasteiger partial charge on any atom is -0.505 e. The van der Waals surface area contributed by atoms with E-state index in [1.165, 1.54) is 6.07 Å². The number of nitrogens with one attached hydrogen (secondary N) is 2. The van der Waals surface area contributed by atoms with E-state index in [0.29, 0.717) is 13.2 Å². The Morgan fingerprint density at radius 3 is 2.59 bits per heavy atom. The lowest BCUT2D eigenvalue weighted by Crippen LogP contribution is -2.44. The van der Waals surface area contributed by atoms with Crippen LogP contribution >= 0.6 is 23.2 Å². The molecule has 8 nitrogen and oxygen atoms in total. The van der Waals surface area contributed by atoms with Gasteiger partial charge in [0.1, 0.15) is 17.7 Å². The van der Waals surface area contributed by atoms with E-state index in [1.807, 2.05) is 30.3 Å².